The van der Waals surface area contributed by atoms with Gasteiger partial charge in [0, 0.05) is 18.2 Å². The number of hydrogen-bond donors (Lipinski definition) is 1. The molecular formula is C21H29N3O3. The van der Waals surface area contributed by atoms with E-state index in [1.807, 2.05) is 24.3 Å². The van der Waals surface area contributed by atoms with Crippen LogP contribution < -0.4 is 5.32 Å². The molecule has 0 unspecified atom stereocenters. The SMILES string of the molecule is CC(C)CCN(CC(=O)Nc1ccon1)C(=O)c1ccc(C(C)(C)C)cc1. The first kappa shape index (κ1) is 20.7. The van der Waals surface area contributed by atoms with Crippen LogP contribution in [0.4, 0.5) is 5.82 Å². The highest BCUT2D eigenvalue weighted by atomic mass is 16.5. The highest BCUT2D eigenvalue weighted by molar-refractivity contribution is 5.99. The molecule has 0 spiro atoms. The van der Waals surface area contributed by atoms with Gasteiger partial charge in [0.05, 0.1) is 0 Å². The maximum atomic E-state index is 13.0. The van der Waals surface area contributed by atoms with Crippen molar-refractivity contribution in [1.82, 2.24) is 10.1 Å². The number of rotatable bonds is 7. The Bertz CT molecular complexity index is 744. The zero-order chi connectivity index (χ0) is 20.0. The van der Waals surface area contributed by atoms with E-state index in [1.165, 1.54) is 6.26 Å². The van der Waals surface area contributed by atoms with Gasteiger partial charge in [-0.1, -0.05) is 51.9 Å². The molecule has 1 aromatic heterocycles. The molecule has 0 aliphatic heterocycles. The maximum absolute atomic E-state index is 13.0. The zero-order valence-electron chi connectivity index (χ0n) is 16.8. The number of nitrogens with zero attached hydrogens (tertiary/aromatic N) is 2. The van der Waals surface area contributed by atoms with E-state index in [0.29, 0.717) is 23.8 Å². The summed E-state index contributed by atoms with van der Waals surface area (Å²) in [4.78, 5) is 26.9. The number of amides is 2. The number of carbonyl (C=O) groups is 2. The topological polar surface area (TPSA) is 75.4 Å². The van der Waals surface area contributed by atoms with Crippen LogP contribution in [0.5, 0.6) is 0 Å². The standard InChI is InChI=1S/C21H29N3O3/c1-15(2)10-12-24(14-19(25)22-18-11-13-27-23-18)20(26)16-6-8-17(9-7-16)21(3,4)5/h6-9,11,13,15H,10,12,14H2,1-5H3,(H,22,23,25). The first-order valence-corrected chi connectivity index (χ1v) is 9.27. The van der Waals surface area contributed by atoms with Gasteiger partial charge in [0.15, 0.2) is 5.82 Å². The summed E-state index contributed by atoms with van der Waals surface area (Å²) >= 11 is 0. The first-order chi connectivity index (χ1) is 12.7. The molecule has 2 rings (SSSR count). The third-order valence-electron chi connectivity index (χ3n) is 4.30. The molecule has 6 heteroatoms. The van der Waals surface area contributed by atoms with Crippen LogP contribution >= 0.6 is 0 Å². The highest BCUT2D eigenvalue weighted by Crippen LogP contribution is 2.22. The molecule has 0 aliphatic rings. The van der Waals surface area contributed by atoms with Crippen molar-refractivity contribution in [2.75, 3.05) is 18.4 Å². The van der Waals surface area contributed by atoms with Crippen molar-refractivity contribution in [1.29, 1.82) is 0 Å². The predicted molar refractivity (Wildman–Crippen MR) is 106 cm³/mol. The van der Waals surface area contributed by atoms with E-state index in [0.717, 1.165) is 12.0 Å². The molecule has 2 aromatic rings. The van der Waals surface area contributed by atoms with Crippen molar-refractivity contribution >= 4 is 17.6 Å². The lowest BCUT2D eigenvalue weighted by atomic mass is 9.86. The molecule has 0 fully saturated rings. The molecule has 0 saturated carbocycles. The van der Waals surface area contributed by atoms with Gasteiger partial charge in [-0.15, -0.1) is 0 Å². The smallest absolute Gasteiger partial charge is 0.254 e. The van der Waals surface area contributed by atoms with Crippen LogP contribution in [-0.4, -0.2) is 35.0 Å². The summed E-state index contributed by atoms with van der Waals surface area (Å²) < 4.78 is 4.71. The monoisotopic (exact) mass is 371 g/mol. The van der Waals surface area contributed by atoms with Gasteiger partial charge in [0.1, 0.15) is 12.8 Å². The Labute approximate surface area is 160 Å². The summed E-state index contributed by atoms with van der Waals surface area (Å²) in [6.45, 7) is 11.1. The minimum absolute atomic E-state index is 0.0242. The summed E-state index contributed by atoms with van der Waals surface area (Å²) in [5.74, 6) is 0.326. The molecular weight excluding hydrogens is 342 g/mol. The van der Waals surface area contributed by atoms with Crippen LogP contribution in [0.1, 0.15) is 57.0 Å². The quantitative estimate of drug-likeness (QED) is 0.795. The number of aromatic nitrogens is 1. The van der Waals surface area contributed by atoms with Gasteiger partial charge >= 0.3 is 0 Å². The largest absolute Gasteiger partial charge is 0.363 e. The minimum atomic E-state index is -0.299. The van der Waals surface area contributed by atoms with Crippen molar-refractivity contribution in [3.8, 4) is 0 Å². The molecule has 0 saturated heterocycles. The van der Waals surface area contributed by atoms with Crippen LogP contribution in [0, 0.1) is 5.92 Å². The number of carbonyl (C=O) groups excluding carboxylic acids is 2. The molecule has 6 nitrogen and oxygen atoms in total. The maximum Gasteiger partial charge on any atom is 0.254 e. The van der Waals surface area contributed by atoms with Crippen LogP contribution in [-0.2, 0) is 10.2 Å². The van der Waals surface area contributed by atoms with Crippen LogP contribution in [0.2, 0.25) is 0 Å². The molecule has 0 bridgehead atoms. The lowest BCUT2D eigenvalue weighted by Gasteiger charge is -2.24. The molecule has 146 valence electrons. The van der Waals surface area contributed by atoms with Gasteiger partial charge in [-0.2, -0.15) is 0 Å². The van der Waals surface area contributed by atoms with E-state index in [2.05, 4.69) is 45.1 Å². The van der Waals surface area contributed by atoms with Gasteiger partial charge < -0.3 is 14.7 Å². The van der Waals surface area contributed by atoms with Crippen molar-refractivity contribution in [3.63, 3.8) is 0 Å². The third-order valence-corrected chi connectivity index (χ3v) is 4.30. The van der Waals surface area contributed by atoms with Crippen molar-refractivity contribution in [2.45, 2.75) is 46.5 Å². The van der Waals surface area contributed by atoms with E-state index in [4.69, 9.17) is 4.52 Å². The Kier molecular flexibility index (Phi) is 6.77. The number of nitrogens with one attached hydrogen (secondary N) is 1. The Morgan fingerprint density at radius 3 is 2.33 bits per heavy atom. The summed E-state index contributed by atoms with van der Waals surface area (Å²) in [6.07, 6.45) is 2.21. The summed E-state index contributed by atoms with van der Waals surface area (Å²) in [5, 5.41) is 6.30. The van der Waals surface area contributed by atoms with E-state index in [1.54, 1.807) is 11.0 Å². The van der Waals surface area contributed by atoms with Crippen molar-refractivity contribution in [2.24, 2.45) is 5.92 Å². The minimum Gasteiger partial charge on any atom is -0.363 e. The third kappa shape index (κ3) is 6.24. The summed E-state index contributed by atoms with van der Waals surface area (Å²) in [6, 6.07) is 9.18. The van der Waals surface area contributed by atoms with Gasteiger partial charge in [0.25, 0.3) is 5.91 Å². The van der Waals surface area contributed by atoms with Crippen molar-refractivity contribution in [3.05, 3.63) is 47.7 Å². The second kappa shape index (κ2) is 8.84. The Morgan fingerprint density at radius 2 is 1.81 bits per heavy atom. The Morgan fingerprint density at radius 1 is 1.15 bits per heavy atom. The first-order valence-electron chi connectivity index (χ1n) is 9.27. The lowest BCUT2D eigenvalue weighted by Crippen LogP contribution is -2.39. The summed E-state index contributed by atoms with van der Waals surface area (Å²) in [5.41, 5.74) is 1.77. The zero-order valence-corrected chi connectivity index (χ0v) is 16.8. The Balaban J connectivity index is 2.11. The molecule has 2 amide bonds. The number of anilines is 1. The molecule has 0 radical (unpaired) electrons. The number of benzene rings is 1. The highest BCUT2D eigenvalue weighted by Gasteiger charge is 2.21. The molecule has 1 aromatic carbocycles. The fraction of sp³-hybridized carbons (Fsp3) is 0.476. The lowest BCUT2D eigenvalue weighted by molar-refractivity contribution is -0.117. The van der Waals surface area contributed by atoms with Gasteiger partial charge in [-0.3, -0.25) is 9.59 Å². The van der Waals surface area contributed by atoms with E-state index in [-0.39, 0.29) is 23.8 Å². The van der Waals surface area contributed by atoms with Crippen LogP contribution in [0.25, 0.3) is 0 Å². The molecule has 0 atom stereocenters. The van der Waals surface area contributed by atoms with Crippen molar-refractivity contribution < 1.29 is 14.1 Å². The second-order valence-corrected chi connectivity index (χ2v) is 8.17. The molecule has 1 N–H and O–H groups in total. The normalized spacial score (nSPS) is 11.5. The fourth-order valence-corrected chi connectivity index (χ4v) is 2.59. The fourth-order valence-electron chi connectivity index (χ4n) is 2.59. The van der Waals surface area contributed by atoms with E-state index >= 15 is 0 Å². The Hall–Kier alpha value is -2.63. The average Bonchev–Trinajstić information content (AvgIpc) is 3.10. The van der Waals surface area contributed by atoms with Gasteiger partial charge in [-0.25, -0.2) is 0 Å². The number of hydrogen-bond acceptors (Lipinski definition) is 4. The van der Waals surface area contributed by atoms with E-state index in [9.17, 15) is 9.59 Å². The molecule has 0 aliphatic carbocycles. The predicted octanol–water partition coefficient (Wildman–Crippen LogP) is 4.10. The van der Waals surface area contributed by atoms with E-state index < -0.39 is 0 Å². The summed E-state index contributed by atoms with van der Waals surface area (Å²) in [7, 11) is 0. The molecule has 1 heterocycles. The van der Waals surface area contributed by atoms with Gasteiger partial charge in [0.2, 0.25) is 5.91 Å². The average molecular weight is 371 g/mol. The molecule has 27 heavy (non-hydrogen) atoms. The second-order valence-electron chi connectivity index (χ2n) is 8.17. The van der Waals surface area contributed by atoms with Crippen LogP contribution in [0.15, 0.2) is 41.1 Å². The van der Waals surface area contributed by atoms with Gasteiger partial charge in [-0.05, 0) is 35.4 Å². The van der Waals surface area contributed by atoms with Crippen LogP contribution in [0.3, 0.4) is 0 Å².